The van der Waals surface area contributed by atoms with Gasteiger partial charge in [-0.25, -0.2) is 15.0 Å². The molecule has 2 aromatic heterocycles. The van der Waals surface area contributed by atoms with Crippen molar-refractivity contribution in [1.82, 2.24) is 19.5 Å². The third-order valence-electron chi connectivity index (χ3n) is 6.65. The number of esters is 1. The summed E-state index contributed by atoms with van der Waals surface area (Å²) in [4.78, 5) is 24.1. The monoisotopic (exact) mass is 503 g/mol. The highest BCUT2D eigenvalue weighted by molar-refractivity contribution is 5.73. The molecule has 0 radical (unpaired) electrons. The Kier molecular flexibility index (Phi) is 6.54. The average Bonchev–Trinajstić information content (AvgIpc) is 3.29. The second kappa shape index (κ2) is 9.20. The van der Waals surface area contributed by atoms with Gasteiger partial charge in [-0.15, -0.1) is 0 Å². The molecule has 0 aliphatic heterocycles. The van der Waals surface area contributed by atoms with Crippen LogP contribution in [0.15, 0.2) is 43.0 Å². The van der Waals surface area contributed by atoms with Gasteiger partial charge in [0, 0.05) is 23.8 Å². The molecule has 0 bridgehead atoms. The van der Waals surface area contributed by atoms with E-state index in [-0.39, 0.29) is 17.8 Å². The van der Waals surface area contributed by atoms with Gasteiger partial charge in [0.1, 0.15) is 11.3 Å². The van der Waals surface area contributed by atoms with Crippen LogP contribution in [0.25, 0.3) is 5.69 Å². The van der Waals surface area contributed by atoms with Gasteiger partial charge < -0.3 is 19.7 Å². The van der Waals surface area contributed by atoms with Crippen LogP contribution >= 0.6 is 0 Å². The summed E-state index contributed by atoms with van der Waals surface area (Å²) in [7, 11) is 1.37. The van der Waals surface area contributed by atoms with Gasteiger partial charge in [-0.1, -0.05) is 13.8 Å². The van der Waals surface area contributed by atoms with E-state index in [9.17, 15) is 23.1 Å². The van der Waals surface area contributed by atoms with Crippen LogP contribution in [-0.2, 0) is 21.3 Å². The van der Waals surface area contributed by atoms with Crippen LogP contribution < -0.4 is 5.32 Å². The number of carbonyl (C=O) groups is 1. The van der Waals surface area contributed by atoms with Crippen LogP contribution in [0.2, 0.25) is 0 Å². The first kappa shape index (κ1) is 25.6. The van der Waals surface area contributed by atoms with Crippen LogP contribution in [0, 0.1) is 18.3 Å². The van der Waals surface area contributed by atoms with Gasteiger partial charge in [-0.2, -0.15) is 13.2 Å². The Morgan fingerprint density at radius 3 is 2.67 bits per heavy atom. The number of aromatic nitrogens is 4. The lowest BCUT2D eigenvalue weighted by Crippen LogP contribution is -2.45. The molecule has 11 heteroatoms. The fourth-order valence-electron chi connectivity index (χ4n) is 4.93. The first-order chi connectivity index (χ1) is 16.8. The molecule has 4 rings (SSSR count). The molecule has 3 aromatic rings. The third kappa shape index (κ3) is 5.20. The van der Waals surface area contributed by atoms with Gasteiger partial charge >= 0.3 is 12.1 Å². The van der Waals surface area contributed by atoms with Gasteiger partial charge in [-0.3, -0.25) is 4.79 Å². The van der Waals surface area contributed by atoms with E-state index in [1.165, 1.54) is 7.11 Å². The van der Waals surface area contributed by atoms with E-state index in [0.717, 1.165) is 17.8 Å². The van der Waals surface area contributed by atoms with Crippen LogP contribution in [-0.4, -0.2) is 37.7 Å². The minimum atomic E-state index is -4.57. The smallest absolute Gasteiger partial charge is 0.433 e. The number of alkyl halides is 3. The maximum atomic E-state index is 13.0. The summed E-state index contributed by atoms with van der Waals surface area (Å²) in [6.45, 7) is 5.72. The van der Waals surface area contributed by atoms with Gasteiger partial charge in [0.05, 0.1) is 25.0 Å². The molecule has 0 spiro atoms. The van der Waals surface area contributed by atoms with Gasteiger partial charge in [0.2, 0.25) is 5.95 Å². The van der Waals surface area contributed by atoms with E-state index in [4.69, 9.17) is 4.74 Å². The Morgan fingerprint density at radius 1 is 1.25 bits per heavy atom. The van der Waals surface area contributed by atoms with Crippen LogP contribution in [0.4, 0.5) is 24.8 Å². The van der Waals surface area contributed by atoms with E-state index in [0.29, 0.717) is 36.3 Å². The fourth-order valence-corrected chi connectivity index (χ4v) is 4.93. The first-order valence-electron chi connectivity index (χ1n) is 11.4. The second-order valence-electron chi connectivity index (χ2n) is 9.92. The molecule has 1 aromatic carbocycles. The topological polar surface area (TPSA) is 102 Å². The lowest BCUT2D eigenvalue weighted by molar-refractivity contribution is -0.158. The molecule has 1 fully saturated rings. The average molecular weight is 504 g/mol. The molecule has 1 saturated carbocycles. The molecule has 2 atom stereocenters. The lowest BCUT2D eigenvalue weighted by atomic mass is 9.62. The number of imidazole rings is 1. The maximum absolute atomic E-state index is 13.0. The van der Waals surface area contributed by atoms with E-state index in [2.05, 4.69) is 20.3 Å². The molecule has 2 N–H and O–H groups in total. The van der Waals surface area contributed by atoms with E-state index < -0.39 is 22.9 Å². The number of rotatable bonds is 5. The van der Waals surface area contributed by atoms with Crippen molar-refractivity contribution in [2.24, 2.45) is 11.3 Å². The molecule has 8 nitrogen and oxygen atoms in total. The van der Waals surface area contributed by atoms with E-state index in [1.807, 2.05) is 26.8 Å². The molecular weight excluding hydrogens is 475 g/mol. The Balaban J connectivity index is 1.58. The lowest BCUT2D eigenvalue weighted by Gasteiger charge is -2.44. The number of aliphatic hydroxyl groups is 1. The zero-order valence-electron chi connectivity index (χ0n) is 20.4. The molecule has 0 saturated heterocycles. The van der Waals surface area contributed by atoms with Crippen molar-refractivity contribution >= 4 is 17.6 Å². The minimum Gasteiger partial charge on any atom is -0.469 e. The largest absolute Gasteiger partial charge is 0.469 e. The molecular formula is C25H28F3N5O3. The Labute approximate surface area is 206 Å². The van der Waals surface area contributed by atoms with Crippen molar-refractivity contribution < 1.29 is 27.8 Å². The number of carbonyl (C=O) groups excluding carboxylic acids is 1. The number of nitrogens with one attached hydrogen (secondary N) is 1. The van der Waals surface area contributed by atoms with Gasteiger partial charge in [0.15, 0.2) is 0 Å². The number of hydrogen-bond acceptors (Lipinski definition) is 7. The summed E-state index contributed by atoms with van der Waals surface area (Å²) in [5, 5.41) is 14.3. The molecule has 1 aliphatic carbocycles. The molecule has 1 aliphatic rings. The van der Waals surface area contributed by atoms with Crippen molar-refractivity contribution in [3.63, 3.8) is 0 Å². The summed E-state index contributed by atoms with van der Waals surface area (Å²) in [5.41, 5.74) is -0.227. The SMILES string of the molecule is COC(=O)[C@@H]1CC[C@](O)(c2cn(-c3cc(C)cc(Nc4nccc(C(F)(F)F)n4)c3)cn2)CC1(C)C. The normalized spacial score (nSPS) is 21.7. The minimum absolute atomic E-state index is 0.174. The number of ether oxygens (including phenoxy) is 1. The van der Waals surface area contributed by atoms with Crippen molar-refractivity contribution in [3.05, 3.63) is 59.9 Å². The summed E-state index contributed by atoms with van der Waals surface area (Å²) in [6.07, 6.45) is 0.951. The Hall–Kier alpha value is -3.47. The van der Waals surface area contributed by atoms with Crippen LogP contribution in [0.3, 0.4) is 0 Å². The zero-order chi connectivity index (χ0) is 26.3. The maximum Gasteiger partial charge on any atom is 0.433 e. The Bertz CT molecular complexity index is 1270. The number of benzene rings is 1. The highest BCUT2D eigenvalue weighted by atomic mass is 19.4. The number of halogens is 3. The molecule has 192 valence electrons. The Morgan fingerprint density at radius 2 is 2.00 bits per heavy atom. The quantitative estimate of drug-likeness (QED) is 0.477. The predicted molar refractivity (Wildman–Crippen MR) is 126 cm³/mol. The molecule has 2 heterocycles. The highest BCUT2D eigenvalue weighted by Crippen LogP contribution is 2.49. The number of hydrogen-bond donors (Lipinski definition) is 2. The fraction of sp³-hybridized carbons (Fsp3) is 0.440. The standard InChI is InChI=1S/C25H28F3N5O3/c1-15-9-16(31-22-29-8-6-19(32-22)25(26,27)28)11-17(10-15)33-12-20(30-14-33)24(35)7-5-18(21(34)36-4)23(2,3)13-24/h6,8-12,14,18,35H,5,7,13H2,1-4H3,(H,29,31,32)/t18-,24+/m0/s1. The molecule has 36 heavy (non-hydrogen) atoms. The number of aryl methyl sites for hydroxylation is 1. The zero-order valence-corrected chi connectivity index (χ0v) is 20.4. The summed E-state index contributed by atoms with van der Waals surface area (Å²) >= 11 is 0. The predicted octanol–water partition coefficient (Wildman–Crippen LogP) is 4.92. The van der Waals surface area contributed by atoms with Gasteiger partial charge in [-0.05, 0) is 61.4 Å². The molecule has 0 amide bonds. The third-order valence-corrected chi connectivity index (χ3v) is 6.65. The molecule has 0 unspecified atom stereocenters. The summed E-state index contributed by atoms with van der Waals surface area (Å²) in [5.74, 6) is -0.767. The van der Waals surface area contributed by atoms with Crippen molar-refractivity contribution in [1.29, 1.82) is 0 Å². The highest BCUT2D eigenvalue weighted by Gasteiger charge is 2.49. The van der Waals surface area contributed by atoms with Crippen LogP contribution in [0.5, 0.6) is 0 Å². The van der Waals surface area contributed by atoms with Crippen LogP contribution in [0.1, 0.15) is 50.1 Å². The summed E-state index contributed by atoms with van der Waals surface area (Å²) < 4.78 is 45.7. The second-order valence-corrected chi connectivity index (χ2v) is 9.92. The number of anilines is 2. The van der Waals surface area contributed by atoms with Crippen molar-refractivity contribution in [2.75, 3.05) is 12.4 Å². The van der Waals surface area contributed by atoms with Crippen molar-refractivity contribution in [2.45, 2.75) is 51.8 Å². The number of methoxy groups -OCH3 is 1. The van der Waals surface area contributed by atoms with E-state index >= 15 is 0 Å². The summed E-state index contributed by atoms with van der Waals surface area (Å²) in [6, 6.07) is 6.18. The van der Waals surface area contributed by atoms with E-state index in [1.54, 1.807) is 29.2 Å². The van der Waals surface area contributed by atoms with Crippen molar-refractivity contribution in [3.8, 4) is 5.69 Å². The van der Waals surface area contributed by atoms with Gasteiger partial charge in [0.25, 0.3) is 0 Å². The number of nitrogens with zero attached hydrogens (tertiary/aromatic N) is 4. The first-order valence-corrected chi connectivity index (χ1v) is 11.4.